The molecule has 1 aliphatic carbocycles. The van der Waals surface area contributed by atoms with Gasteiger partial charge in [-0.3, -0.25) is 9.59 Å². The van der Waals surface area contributed by atoms with Crippen molar-refractivity contribution in [2.75, 3.05) is 26.9 Å². The number of amides is 2. The number of aliphatic carboxylic acids is 1. The zero-order valence-electron chi connectivity index (χ0n) is 19.8. The molecule has 34 heavy (non-hydrogen) atoms. The van der Waals surface area contributed by atoms with Crippen molar-refractivity contribution in [2.45, 2.75) is 38.1 Å². The number of hydrogen-bond donors (Lipinski definition) is 3. The van der Waals surface area contributed by atoms with Gasteiger partial charge in [0.1, 0.15) is 12.1 Å². The van der Waals surface area contributed by atoms with Crippen molar-refractivity contribution >= 4 is 18.0 Å². The standard InChI is InChI=1S/C26H32N2O6/c1-4-9-17(23(29)30)14-27-24(31)26(2,16-33-3)28-25(32)34-15-22-20-12-7-5-10-18(20)19-11-6-8-13-21(19)22/h5-8,10-13,17,22H,4,9,14-16H2,1-3H3,(H,27,31)(H,28,32)(H,29,30). The first-order chi connectivity index (χ1) is 16.3. The first-order valence-corrected chi connectivity index (χ1v) is 11.4. The highest BCUT2D eigenvalue weighted by Crippen LogP contribution is 2.44. The normalized spacial score (nSPS) is 14.9. The highest BCUT2D eigenvalue weighted by atomic mass is 16.5. The molecule has 8 heteroatoms. The number of carbonyl (C=O) groups is 3. The monoisotopic (exact) mass is 468 g/mol. The summed E-state index contributed by atoms with van der Waals surface area (Å²) in [7, 11) is 1.42. The van der Waals surface area contributed by atoms with E-state index in [1.165, 1.54) is 14.0 Å². The van der Waals surface area contributed by atoms with E-state index in [4.69, 9.17) is 9.47 Å². The molecule has 8 nitrogen and oxygen atoms in total. The molecule has 0 saturated carbocycles. The SMILES string of the molecule is CCCC(CNC(=O)C(C)(COC)NC(=O)OCC1c2ccccc2-c2ccccc21)C(=O)O. The molecular weight excluding hydrogens is 436 g/mol. The van der Waals surface area contributed by atoms with Crippen LogP contribution in [0.1, 0.15) is 43.7 Å². The van der Waals surface area contributed by atoms with E-state index in [0.717, 1.165) is 22.3 Å². The maximum atomic E-state index is 12.9. The molecule has 2 unspecified atom stereocenters. The number of ether oxygens (including phenoxy) is 2. The third-order valence-electron chi connectivity index (χ3n) is 6.15. The minimum absolute atomic E-state index is 0.0340. The Hall–Kier alpha value is -3.39. The third-order valence-corrected chi connectivity index (χ3v) is 6.15. The summed E-state index contributed by atoms with van der Waals surface area (Å²) >= 11 is 0. The third kappa shape index (κ3) is 5.56. The van der Waals surface area contributed by atoms with Gasteiger partial charge >= 0.3 is 12.1 Å². The molecule has 0 bridgehead atoms. The molecular formula is C26H32N2O6. The zero-order chi connectivity index (χ0) is 24.7. The van der Waals surface area contributed by atoms with Crippen LogP contribution >= 0.6 is 0 Å². The molecule has 2 aromatic carbocycles. The summed E-state index contributed by atoms with van der Waals surface area (Å²) < 4.78 is 10.7. The second-order valence-corrected chi connectivity index (χ2v) is 8.75. The van der Waals surface area contributed by atoms with Crippen molar-refractivity contribution in [1.29, 1.82) is 0 Å². The lowest BCUT2D eigenvalue weighted by Crippen LogP contribution is -2.60. The fourth-order valence-corrected chi connectivity index (χ4v) is 4.38. The smallest absolute Gasteiger partial charge is 0.408 e. The molecule has 1 aliphatic rings. The van der Waals surface area contributed by atoms with E-state index in [1.54, 1.807) is 0 Å². The number of alkyl carbamates (subject to hydrolysis) is 1. The lowest BCUT2D eigenvalue weighted by atomic mass is 9.98. The fourth-order valence-electron chi connectivity index (χ4n) is 4.38. The van der Waals surface area contributed by atoms with Crippen LogP contribution in [0.25, 0.3) is 11.1 Å². The lowest BCUT2D eigenvalue weighted by Gasteiger charge is -2.29. The van der Waals surface area contributed by atoms with Crippen LogP contribution in [0.3, 0.4) is 0 Å². The largest absolute Gasteiger partial charge is 0.481 e. The number of methoxy groups -OCH3 is 1. The van der Waals surface area contributed by atoms with E-state index in [-0.39, 0.29) is 25.7 Å². The molecule has 0 spiro atoms. The van der Waals surface area contributed by atoms with Crippen molar-refractivity contribution in [3.8, 4) is 11.1 Å². The van der Waals surface area contributed by atoms with Crippen LogP contribution in [0, 0.1) is 5.92 Å². The minimum Gasteiger partial charge on any atom is -0.481 e. The van der Waals surface area contributed by atoms with Crippen molar-refractivity contribution in [1.82, 2.24) is 10.6 Å². The van der Waals surface area contributed by atoms with Gasteiger partial charge in [-0.05, 0) is 35.6 Å². The summed E-state index contributed by atoms with van der Waals surface area (Å²) in [5.41, 5.74) is 2.99. The van der Waals surface area contributed by atoms with E-state index < -0.39 is 29.4 Å². The number of fused-ring (bicyclic) bond motifs is 3. The van der Waals surface area contributed by atoms with Gasteiger partial charge in [0, 0.05) is 19.6 Å². The maximum Gasteiger partial charge on any atom is 0.408 e. The van der Waals surface area contributed by atoms with E-state index in [0.29, 0.717) is 12.8 Å². The molecule has 2 aromatic rings. The number of rotatable bonds is 11. The molecule has 0 aromatic heterocycles. The summed E-state index contributed by atoms with van der Waals surface area (Å²) in [5, 5.41) is 14.6. The van der Waals surface area contributed by atoms with E-state index >= 15 is 0 Å². The van der Waals surface area contributed by atoms with Crippen LogP contribution in [-0.4, -0.2) is 55.5 Å². The van der Waals surface area contributed by atoms with Crippen LogP contribution in [0.5, 0.6) is 0 Å². The van der Waals surface area contributed by atoms with Crippen molar-refractivity contribution in [3.63, 3.8) is 0 Å². The topological polar surface area (TPSA) is 114 Å². The van der Waals surface area contributed by atoms with Gasteiger partial charge in [-0.2, -0.15) is 0 Å². The highest BCUT2D eigenvalue weighted by Gasteiger charge is 2.37. The van der Waals surface area contributed by atoms with Crippen LogP contribution in [-0.2, 0) is 19.1 Å². The molecule has 2 amide bonds. The summed E-state index contributed by atoms with van der Waals surface area (Å²) in [4.78, 5) is 36.9. The molecule has 3 N–H and O–H groups in total. The van der Waals surface area contributed by atoms with Gasteiger partial charge < -0.3 is 25.2 Å². The molecule has 0 aliphatic heterocycles. The van der Waals surface area contributed by atoms with Crippen LogP contribution in [0.2, 0.25) is 0 Å². The fraction of sp³-hybridized carbons (Fsp3) is 0.423. The van der Waals surface area contributed by atoms with Gasteiger partial charge in [0.05, 0.1) is 12.5 Å². The van der Waals surface area contributed by atoms with Crippen molar-refractivity contribution < 1.29 is 29.0 Å². The Bertz CT molecular complexity index is 994. The second kappa shape index (κ2) is 11.2. The number of carbonyl (C=O) groups excluding carboxylic acids is 2. The molecule has 0 fully saturated rings. The Morgan fingerprint density at radius 3 is 2.18 bits per heavy atom. The van der Waals surface area contributed by atoms with E-state index in [1.807, 2.05) is 43.3 Å². The van der Waals surface area contributed by atoms with E-state index in [2.05, 4.69) is 22.8 Å². The average Bonchev–Trinajstić information content (AvgIpc) is 3.14. The zero-order valence-corrected chi connectivity index (χ0v) is 19.8. The van der Waals surface area contributed by atoms with E-state index in [9.17, 15) is 19.5 Å². The Kier molecular flexibility index (Phi) is 8.28. The first kappa shape index (κ1) is 25.2. The van der Waals surface area contributed by atoms with Gasteiger partial charge in [0.2, 0.25) is 5.91 Å². The van der Waals surface area contributed by atoms with Crippen molar-refractivity contribution in [3.05, 3.63) is 59.7 Å². The molecule has 3 rings (SSSR count). The van der Waals surface area contributed by atoms with Gasteiger partial charge in [-0.25, -0.2) is 4.79 Å². The van der Waals surface area contributed by atoms with Gasteiger partial charge in [0.15, 0.2) is 0 Å². The second-order valence-electron chi connectivity index (χ2n) is 8.75. The Morgan fingerprint density at radius 1 is 1.06 bits per heavy atom. The summed E-state index contributed by atoms with van der Waals surface area (Å²) in [5.74, 6) is -2.31. The van der Waals surface area contributed by atoms with Crippen molar-refractivity contribution in [2.24, 2.45) is 5.92 Å². The minimum atomic E-state index is -1.42. The number of hydrogen-bond acceptors (Lipinski definition) is 5. The molecule has 0 saturated heterocycles. The van der Waals surface area contributed by atoms with Gasteiger partial charge in [0.25, 0.3) is 0 Å². The number of carboxylic acid groups (broad SMARTS) is 1. The summed E-state index contributed by atoms with van der Waals surface area (Å²) in [6, 6.07) is 16.0. The first-order valence-electron chi connectivity index (χ1n) is 11.4. The Labute approximate surface area is 199 Å². The molecule has 0 radical (unpaired) electrons. The lowest BCUT2D eigenvalue weighted by molar-refractivity contribution is -0.142. The Morgan fingerprint density at radius 2 is 1.65 bits per heavy atom. The van der Waals surface area contributed by atoms with Crippen LogP contribution < -0.4 is 10.6 Å². The van der Waals surface area contributed by atoms with Gasteiger partial charge in [-0.15, -0.1) is 0 Å². The summed E-state index contributed by atoms with van der Waals surface area (Å²) in [6.07, 6.45) is 0.372. The Balaban J connectivity index is 1.65. The predicted molar refractivity (Wildman–Crippen MR) is 128 cm³/mol. The van der Waals surface area contributed by atoms with Gasteiger partial charge in [-0.1, -0.05) is 61.9 Å². The maximum absolute atomic E-state index is 12.9. The molecule has 182 valence electrons. The highest BCUT2D eigenvalue weighted by molar-refractivity contribution is 5.90. The van der Waals surface area contributed by atoms with Crippen LogP contribution in [0.4, 0.5) is 4.79 Å². The van der Waals surface area contributed by atoms with Crippen LogP contribution in [0.15, 0.2) is 48.5 Å². The molecule has 2 atom stereocenters. The number of carboxylic acids is 1. The quantitative estimate of drug-likeness (QED) is 0.465. The number of nitrogens with one attached hydrogen (secondary N) is 2. The average molecular weight is 469 g/mol. The molecule has 0 heterocycles. The summed E-state index contributed by atoms with van der Waals surface area (Å²) in [6.45, 7) is 3.37. The number of benzene rings is 2. The predicted octanol–water partition coefficient (Wildman–Crippen LogP) is 3.55.